The third-order valence-electron chi connectivity index (χ3n) is 2.48. The highest BCUT2D eigenvalue weighted by atomic mass is 32.1. The van der Waals surface area contributed by atoms with E-state index in [2.05, 4.69) is 22.1 Å². The lowest BCUT2D eigenvalue weighted by Gasteiger charge is -2.02. The molecule has 0 aliphatic heterocycles. The van der Waals surface area contributed by atoms with E-state index >= 15 is 0 Å². The van der Waals surface area contributed by atoms with Crippen LogP contribution in [0.25, 0.3) is 0 Å². The molecule has 2 rings (SSSR count). The topological polar surface area (TPSA) is 46.5 Å². The fourth-order valence-electron chi connectivity index (χ4n) is 1.65. The molecule has 2 aromatic rings. The van der Waals surface area contributed by atoms with Crippen LogP contribution in [0, 0.1) is 4.77 Å². The summed E-state index contributed by atoms with van der Waals surface area (Å²) in [6.07, 6.45) is 3.56. The minimum atomic E-state index is 0.693. The summed E-state index contributed by atoms with van der Waals surface area (Å²) in [5.74, 6) is 0.998. The molecule has 2 heterocycles. The molecule has 84 valence electrons. The molecule has 2 aromatic heterocycles. The number of hydrogen-bond acceptors (Lipinski definition) is 3. The first-order valence-corrected chi connectivity index (χ1v) is 5.76. The maximum Gasteiger partial charge on any atom is 0.195 e. The maximum absolute atomic E-state index is 5.13. The lowest BCUT2D eigenvalue weighted by atomic mass is 10.2. The number of hydrogen-bond donors (Lipinski definition) is 1. The van der Waals surface area contributed by atoms with Crippen molar-refractivity contribution in [2.45, 2.75) is 26.3 Å². The van der Waals surface area contributed by atoms with Gasteiger partial charge in [0.15, 0.2) is 4.77 Å². The Kier molecular flexibility index (Phi) is 3.46. The zero-order chi connectivity index (χ0) is 11.4. The number of nitrogens with zero attached hydrogens (tertiary/aromatic N) is 3. The smallest absolute Gasteiger partial charge is 0.195 e. The van der Waals surface area contributed by atoms with Gasteiger partial charge >= 0.3 is 0 Å². The summed E-state index contributed by atoms with van der Waals surface area (Å²) in [6.45, 7) is 2.92. The van der Waals surface area contributed by atoms with Gasteiger partial charge < -0.3 is 4.57 Å². The number of H-pyrrole nitrogens is 1. The van der Waals surface area contributed by atoms with Crippen molar-refractivity contribution in [3.63, 3.8) is 0 Å². The Morgan fingerprint density at radius 3 is 2.94 bits per heavy atom. The van der Waals surface area contributed by atoms with Crippen LogP contribution >= 0.6 is 12.2 Å². The van der Waals surface area contributed by atoms with Gasteiger partial charge in [0.05, 0.1) is 0 Å². The van der Waals surface area contributed by atoms with Gasteiger partial charge in [-0.05, 0) is 37.7 Å². The highest BCUT2D eigenvalue weighted by Gasteiger charge is 2.04. The molecule has 0 saturated heterocycles. The maximum atomic E-state index is 5.13. The summed E-state index contributed by atoms with van der Waals surface area (Å²) < 4.78 is 2.71. The van der Waals surface area contributed by atoms with E-state index in [9.17, 15) is 0 Å². The quantitative estimate of drug-likeness (QED) is 0.824. The molecule has 0 spiro atoms. The fraction of sp³-hybridized carbons (Fsp3) is 0.364. The normalized spacial score (nSPS) is 10.6. The average Bonchev–Trinajstić information content (AvgIpc) is 2.68. The molecule has 0 radical (unpaired) electrons. The minimum absolute atomic E-state index is 0.693. The first-order valence-electron chi connectivity index (χ1n) is 5.35. The second kappa shape index (κ2) is 5.03. The molecule has 0 bridgehead atoms. The van der Waals surface area contributed by atoms with Crippen molar-refractivity contribution in [1.82, 2.24) is 19.7 Å². The van der Waals surface area contributed by atoms with Gasteiger partial charge in [-0.15, -0.1) is 0 Å². The number of aromatic nitrogens is 4. The molecule has 0 saturated carbocycles. The Bertz CT molecular complexity index is 500. The van der Waals surface area contributed by atoms with E-state index in [1.54, 1.807) is 0 Å². The molecule has 0 unspecified atom stereocenters. The number of nitrogens with one attached hydrogen (secondary N) is 1. The van der Waals surface area contributed by atoms with Crippen LogP contribution in [0.4, 0.5) is 0 Å². The van der Waals surface area contributed by atoms with Gasteiger partial charge in [0.2, 0.25) is 0 Å². The largest absolute Gasteiger partial charge is 0.304 e. The van der Waals surface area contributed by atoms with Crippen LogP contribution in [0.1, 0.15) is 18.4 Å². The van der Waals surface area contributed by atoms with E-state index in [4.69, 9.17) is 12.2 Å². The van der Waals surface area contributed by atoms with E-state index in [0.29, 0.717) is 4.77 Å². The van der Waals surface area contributed by atoms with Crippen molar-refractivity contribution in [2.75, 3.05) is 0 Å². The molecular formula is C11H14N4S. The van der Waals surface area contributed by atoms with E-state index in [1.165, 1.54) is 0 Å². The van der Waals surface area contributed by atoms with Gasteiger partial charge in [-0.1, -0.05) is 6.07 Å². The summed E-state index contributed by atoms with van der Waals surface area (Å²) >= 11 is 5.13. The van der Waals surface area contributed by atoms with Gasteiger partial charge in [-0.25, -0.2) is 0 Å². The van der Waals surface area contributed by atoms with Crippen molar-refractivity contribution >= 4 is 12.2 Å². The van der Waals surface area contributed by atoms with Crippen molar-refractivity contribution in [1.29, 1.82) is 0 Å². The second-order valence-corrected chi connectivity index (χ2v) is 3.90. The lowest BCUT2D eigenvalue weighted by Crippen LogP contribution is -2.04. The van der Waals surface area contributed by atoms with Gasteiger partial charge in [0.1, 0.15) is 5.82 Å². The molecule has 0 aromatic carbocycles. The zero-order valence-electron chi connectivity index (χ0n) is 9.18. The molecule has 0 amide bonds. The third-order valence-corrected chi connectivity index (χ3v) is 2.80. The van der Waals surface area contributed by atoms with Gasteiger partial charge in [0.25, 0.3) is 0 Å². The van der Waals surface area contributed by atoms with Crippen LogP contribution < -0.4 is 0 Å². The van der Waals surface area contributed by atoms with E-state index < -0.39 is 0 Å². The van der Waals surface area contributed by atoms with Gasteiger partial charge in [0, 0.05) is 24.9 Å². The van der Waals surface area contributed by atoms with E-state index in [1.807, 2.05) is 29.0 Å². The first kappa shape index (κ1) is 11.0. The summed E-state index contributed by atoms with van der Waals surface area (Å²) in [7, 11) is 0. The number of rotatable bonds is 4. The first-order chi connectivity index (χ1) is 7.81. The molecule has 0 atom stereocenters. The zero-order valence-corrected chi connectivity index (χ0v) is 10.00. The van der Waals surface area contributed by atoms with Crippen LogP contribution in [-0.4, -0.2) is 19.7 Å². The minimum Gasteiger partial charge on any atom is -0.304 e. The Balaban J connectivity index is 2.08. The standard InChI is InChI=1S/C11H14N4S/c1-2-15-10(13-14-11(15)16)7-6-9-5-3-4-8-12-9/h3-5,8H,2,6-7H2,1H3,(H,14,16). The summed E-state index contributed by atoms with van der Waals surface area (Å²) in [4.78, 5) is 4.28. The van der Waals surface area contributed by atoms with Crippen molar-refractivity contribution in [3.05, 3.63) is 40.7 Å². The molecule has 5 heteroatoms. The van der Waals surface area contributed by atoms with Crippen molar-refractivity contribution in [2.24, 2.45) is 0 Å². The second-order valence-electron chi connectivity index (χ2n) is 3.51. The fourth-order valence-corrected chi connectivity index (χ4v) is 1.93. The number of aromatic amines is 1. The third kappa shape index (κ3) is 2.36. The van der Waals surface area contributed by atoms with Crippen molar-refractivity contribution < 1.29 is 0 Å². The average molecular weight is 234 g/mol. The molecule has 0 fully saturated rings. The van der Waals surface area contributed by atoms with Crippen molar-refractivity contribution in [3.8, 4) is 0 Å². The highest BCUT2D eigenvalue weighted by Crippen LogP contribution is 2.03. The van der Waals surface area contributed by atoms with Gasteiger partial charge in [-0.2, -0.15) is 5.10 Å². The SMILES string of the molecule is CCn1c(CCc2ccccn2)n[nH]c1=S. The molecule has 0 aliphatic carbocycles. The highest BCUT2D eigenvalue weighted by molar-refractivity contribution is 7.71. The summed E-state index contributed by atoms with van der Waals surface area (Å²) in [5, 5.41) is 7.04. The Labute approximate surface area is 99.4 Å². The Morgan fingerprint density at radius 2 is 2.25 bits per heavy atom. The summed E-state index contributed by atoms with van der Waals surface area (Å²) in [5.41, 5.74) is 1.08. The van der Waals surface area contributed by atoms with Gasteiger partial charge in [-0.3, -0.25) is 10.1 Å². The Hall–Kier alpha value is -1.49. The van der Waals surface area contributed by atoms with Crippen LogP contribution in [-0.2, 0) is 19.4 Å². The van der Waals surface area contributed by atoms with Crippen LogP contribution in [0.3, 0.4) is 0 Å². The molecule has 0 aliphatic rings. The van der Waals surface area contributed by atoms with Crippen LogP contribution in [0.15, 0.2) is 24.4 Å². The predicted octanol–water partition coefficient (Wildman–Crippen LogP) is 2.14. The number of pyridine rings is 1. The number of aryl methyl sites for hydroxylation is 2. The van der Waals surface area contributed by atoms with E-state index in [0.717, 1.165) is 30.9 Å². The van der Waals surface area contributed by atoms with E-state index in [-0.39, 0.29) is 0 Å². The van der Waals surface area contributed by atoms with Crippen LogP contribution in [0.2, 0.25) is 0 Å². The molecule has 16 heavy (non-hydrogen) atoms. The summed E-state index contributed by atoms with van der Waals surface area (Å²) in [6, 6.07) is 5.95. The predicted molar refractivity (Wildman–Crippen MR) is 64.7 cm³/mol. The molecule has 1 N–H and O–H groups in total. The van der Waals surface area contributed by atoms with Crippen LogP contribution in [0.5, 0.6) is 0 Å². The monoisotopic (exact) mass is 234 g/mol. The molecule has 4 nitrogen and oxygen atoms in total. The molecular weight excluding hydrogens is 220 g/mol. The Morgan fingerprint density at radius 1 is 1.38 bits per heavy atom. The lowest BCUT2D eigenvalue weighted by molar-refractivity contribution is 0.679.